The van der Waals surface area contributed by atoms with E-state index in [1.807, 2.05) is 0 Å². The van der Waals surface area contributed by atoms with Crippen LogP contribution in [0.5, 0.6) is 0 Å². The normalized spacial score (nSPS) is 26.5. The monoisotopic (exact) mass is 262 g/mol. The van der Waals surface area contributed by atoms with Crippen LogP contribution in [0.3, 0.4) is 0 Å². The van der Waals surface area contributed by atoms with Gasteiger partial charge in [-0.15, -0.1) is 0 Å². The number of rotatable bonds is 0. The van der Waals surface area contributed by atoms with Crippen molar-refractivity contribution >= 4 is 16.7 Å². The average Bonchev–Trinajstić information content (AvgIpc) is 2.81. The van der Waals surface area contributed by atoms with Gasteiger partial charge in [0.25, 0.3) is 0 Å². The first-order valence-electron chi connectivity index (χ1n) is 7.54. The van der Waals surface area contributed by atoms with Crippen LogP contribution in [0, 0.1) is 11.3 Å². The number of imidazole rings is 1. The van der Waals surface area contributed by atoms with Crippen molar-refractivity contribution in [2.24, 2.45) is 11.3 Å². The van der Waals surface area contributed by atoms with Gasteiger partial charge in [0.05, 0.1) is 11.0 Å². The Kier molecular flexibility index (Phi) is 1.77. The highest BCUT2D eigenvalue weighted by Gasteiger charge is 2.52. The summed E-state index contributed by atoms with van der Waals surface area (Å²) < 4.78 is 2.22. The van der Waals surface area contributed by atoms with Gasteiger partial charge in [-0.3, -0.25) is 4.40 Å². The van der Waals surface area contributed by atoms with Crippen LogP contribution in [0.4, 0.5) is 0 Å². The summed E-state index contributed by atoms with van der Waals surface area (Å²) in [6.45, 7) is 4.88. The summed E-state index contributed by atoms with van der Waals surface area (Å²) in [5.41, 5.74) is 7.07. The van der Waals surface area contributed by atoms with Gasteiger partial charge in [-0.2, -0.15) is 0 Å². The smallest absolute Gasteiger partial charge is 0.137 e. The second-order valence-electron chi connectivity index (χ2n) is 7.09. The van der Waals surface area contributed by atoms with E-state index in [4.69, 9.17) is 4.98 Å². The zero-order chi connectivity index (χ0) is 13.5. The number of pyridine rings is 1. The fourth-order valence-corrected chi connectivity index (χ4v) is 4.43. The van der Waals surface area contributed by atoms with Crippen molar-refractivity contribution in [1.82, 2.24) is 9.38 Å². The summed E-state index contributed by atoms with van der Waals surface area (Å²) in [6, 6.07) is 11.0. The maximum absolute atomic E-state index is 4.76. The van der Waals surface area contributed by atoms with Gasteiger partial charge < -0.3 is 0 Å². The number of hydrogen-bond acceptors (Lipinski definition) is 1. The number of hydrogen-bond donors (Lipinski definition) is 0. The minimum Gasteiger partial charge on any atom is -0.300 e. The van der Waals surface area contributed by atoms with Crippen LogP contribution in [0.25, 0.3) is 16.7 Å². The highest BCUT2D eigenvalue weighted by Crippen LogP contribution is 2.62. The van der Waals surface area contributed by atoms with E-state index in [1.54, 1.807) is 11.1 Å². The quantitative estimate of drug-likeness (QED) is 0.594. The first-order valence-corrected chi connectivity index (χ1v) is 7.54. The fourth-order valence-electron chi connectivity index (χ4n) is 4.43. The van der Waals surface area contributed by atoms with Crippen molar-refractivity contribution in [2.75, 3.05) is 0 Å². The molecule has 1 saturated carbocycles. The van der Waals surface area contributed by atoms with E-state index in [2.05, 4.69) is 54.8 Å². The molecule has 20 heavy (non-hydrogen) atoms. The molecule has 0 N–H and O–H groups in total. The largest absolute Gasteiger partial charge is 0.300 e. The molecule has 2 aromatic heterocycles. The van der Waals surface area contributed by atoms with Crippen LogP contribution in [0.1, 0.15) is 37.3 Å². The van der Waals surface area contributed by atoms with Crippen molar-refractivity contribution < 1.29 is 0 Å². The van der Waals surface area contributed by atoms with Crippen LogP contribution in [0.2, 0.25) is 0 Å². The lowest BCUT2D eigenvalue weighted by Gasteiger charge is -2.57. The summed E-state index contributed by atoms with van der Waals surface area (Å²) in [7, 11) is 0. The number of benzene rings is 1. The molecule has 0 spiro atoms. The number of fused-ring (bicyclic) bond motifs is 3. The molecule has 1 aromatic carbocycles. The molecule has 2 heterocycles. The highest BCUT2D eigenvalue weighted by molar-refractivity contribution is 5.82. The Labute approximate surface area is 118 Å². The lowest BCUT2D eigenvalue weighted by atomic mass is 9.47. The summed E-state index contributed by atoms with van der Waals surface area (Å²) in [6.07, 6.45) is 4.74. The first-order chi connectivity index (χ1) is 9.64. The van der Waals surface area contributed by atoms with Gasteiger partial charge in [-0.05, 0) is 65.5 Å². The molecule has 3 aliphatic carbocycles. The van der Waals surface area contributed by atoms with Crippen molar-refractivity contribution in [3.05, 3.63) is 47.7 Å². The molecule has 2 atom stereocenters. The van der Waals surface area contributed by atoms with E-state index in [1.165, 1.54) is 18.4 Å². The standard InChI is InChI=1S/C18H18N2/c1-18(2)12-7-11-8-15-16(10-13(11)14(18)9-12)20-6-4-3-5-17(20)19-15/h3-6,8,10,12,14H,7,9H2,1-2H3/t12-,14-/m1/s1. The summed E-state index contributed by atoms with van der Waals surface area (Å²) in [4.78, 5) is 4.76. The molecular formula is C18H18N2. The van der Waals surface area contributed by atoms with Crippen LogP contribution in [-0.2, 0) is 6.42 Å². The molecule has 0 saturated heterocycles. The Morgan fingerprint density at radius 2 is 2.15 bits per heavy atom. The fraction of sp³-hybridized carbons (Fsp3) is 0.389. The molecule has 6 rings (SSSR count). The van der Waals surface area contributed by atoms with Crippen molar-refractivity contribution in [2.45, 2.75) is 32.6 Å². The van der Waals surface area contributed by atoms with Crippen LogP contribution >= 0.6 is 0 Å². The molecule has 2 bridgehead atoms. The Bertz CT molecular complexity index is 856. The van der Waals surface area contributed by atoms with Gasteiger partial charge in [-0.25, -0.2) is 4.98 Å². The third-order valence-electron chi connectivity index (χ3n) is 5.88. The highest BCUT2D eigenvalue weighted by atomic mass is 15.0. The van der Waals surface area contributed by atoms with E-state index in [9.17, 15) is 0 Å². The summed E-state index contributed by atoms with van der Waals surface area (Å²) in [5, 5.41) is 0. The Hall–Kier alpha value is -1.83. The topological polar surface area (TPSA) is 17.3 Å². The minimum atomic E-state index is 0.487. The van der Waals surface area contributed by atoms with Gasteiger partial charge in [0.15, 0.2) is 0 Å². The van der Waals surface area contributed by atoms with Gasteiger partial charge >= 0.3 is 0 Å². The molecule has 2 nitrogen and oxygen atoms in total. The molecule has 0 aliphatic heterocycles. The maximum atomic E-state index is 4.76. The number of nitrogens with zero attached hydrogens (tertiary/aromatic N) is 2. The van der Waals surface area contributed by atoms with Gasteiger partial charge in [0.1, 0.15) is 5.65 Å². The van der Waals surface area contributed by atoms with Gasteiger partial charge in [-0.1, -0.05) is 19.9 Å². The minimum absolute atomic E-state index is 0.487. The van der Waals surface area contributed by atoms with Crippen LogP contribution in [0.15, 0.2) is 36.5 Å². The first kappa shape index (κ1) is 10.9. The zero-order valence-electron chi connectivity index (χ0n) is 11.9. The Morgan fingerprint density at radius 1 is 1.25 bits per heavy atom. The lowest BCUT2D eigenvalue weighted by molar-refractivity contribution is 0.0187. The van der Waals surface area contributed by atoms with E-state index in [0.29, 0.717) is 5.41 Å². The molecule has 3 aromatic rings. The molecule has 100 valence electrons. The van der Waals surface area contributed by atoms with Gasteiger partial charge in [0, 0.05) is 6.20 Å². The molecule has 2 heteroatoms. The van der Waals surface area contributed by atoms with Crippen molar-refractivity contribution in [1.29, 1.82) is 0 Å². The average molecular weight is 262 g/mol. The molecule has 1 fully saturated rings. The van der Waals surface area contributed by atoms with E-state index < -0.39 is 0 Å². The predicted molar refractivity (Wildman–Crippen MR) is 81.0 cm³/mol. The second-order valence-corrected chi connectivity index (χ2v) is 7.09. The molecule has 0 amide bonds. The maximum Gasteiger partial charge on any atom is 0.137 e. The molecule has 0 unspecified atom stereocenters. The number of aromatic nitrogens is 2. The molecule has 3 aliphatic rings. The second kappa shape index (κ2) is 3.25. The van der Waals surface area contributed by atoms with Crippen molar-refractivity contribution in [3.8, 4) is 0 Å². The molecular weight excluding hydrogens is 244 g/mol. The van der Waals surface area contributed by atoms with E-state index in [-0.39, 0.29) is 0 Å². The Balaban J connectivity index is 1.84. The van der Waals surface area contributed by atoms with Gasteiger partial charge in [0.2, 0.25) is 0 Å². The van der Waals surface area contributed by atoms with Crippen LogP contribution in [-0.4, -0.2) is 9.38 Å². The third-order valence-corrected chi connectivity index (χ3v) is 5.88. The third kappa shape index (κ3) is 1.14. The Morgan fingerprint density at radius 3 is 3.00 bits per heavy atom. The SMILES string of the molecule is CC1(C)[C@@H]2Cc3cc4nc5ccccn5c4cc3[C@H]1C2. The van der Waals surface area contributed by atoms with E-state index in [0.717, 1.165) is 23.0 Å². The van der Waals surface area contributed by atoms with Crippen molar-refractivity contribution in [3.63, 3.8) is 0 Å². The summed E-state index contributed by atoms with van der Waals surface area (Å²) in [5.74, 6) is 1.62. The van der Waals surface area contributed by atoms with Crippen LogP contribution < -0.4 is 0 Å². The van der Waals surface area contributed by atoms with E-state index >= 15 is 0 Å². The predicted octanol–water partition coefficient (Wildman–Crippen LogP) is 4.17. The molecule has 0 radical (unpaired) electrons. The summed E-state index contributed by atoms with van der Waals surface area (Å²) >= 11 is 0. The zero-order valence-corrected chi connectivity index (χ0v) is 11.9. The lowest BCUT2D eigenvalue weighted by Crippen LogP contribution is -2.48.